The standard InChI is InChI=1S/C37H30O16/c38-16-3-1-13(2-4-16)37(50)52-27-11-18-19(40)12-21(42)29(36(18)53-34(27)14-5-22(43)31(47)23(44)6-14)30-28-20(41)9-17(39)10-26(28)51-35(33(30)49)15-7-24(45)32(48)25(46)8-15/h1-10,12,27,30,33-35,38-49H,11H2/t27-,30+,33+,34-,35-/m1/s1. The van der Waals surface area contributed by atoms with E-state index in [0.29, 0.717) is 0 Å². The maximum Gasteiger partial charge on any atom is 0.338 e. The van der Waals surface area contributed by atoms with E-state index in [2.05, 4.69) is 0 Å². The van der Waals surface area contributed by atoms with Crippen molar-refractivity contribution in [2.75, 3.05) is 0 Å². The summed E-state index contributed by atoms with van der Waals surface area (Å²) in [6.07, 6.45) is -6.52. The Bertz CT molecular complexity index is 2240. The Hall–Kier alpha value is -7.07. The van der Waals surface area contributed by atoms with E-state index >= 15 is 0 Å². The van der Waals surface area contributed by atoms with Gasteiger partial charge in [-0.05, 0) is 48.5 Å². The van der Waals surface area contributed by atoms with Crippen LogP contribution in [0.5, 0.6) is 74.7 Å². The molecule has 2 aliphatic heterocycles. The Kier molecular flexibility index (Phi) is 8.18. The van der Waals surface area contributed by atoms with E-state index in [-0.39, 0.29) is 57.1 Å². The first-order valence-corrected chi connectivity index (χ1v) is 15.8. The van der Waals surface area contributed by atoms with Crippen molar-refractivity contribution in [2.45, 2.75) is 36.8 Å². The summed E-state index contributed by atoms with van der Waals surface area (Å²) in [7, 11) is 0. The number of hydrogen-bond acceptors (Lipinski definition) is 16. The quantitative estimate of drug-likeness (QED) is 0.0899. The maximum absolute atomic E-state index is 13.3. The average molecular weight is 731 g/mol. The van der Waals surface area contributed by atoms with Crippen LogP contribution in [0.4, 0.5) is 0 Å². The highest BCUT2D eigenvalue weighted by atomic mass is 16.6. The van der Waals surface area contributed by atoms with Gasteiger partial charge < -0.3 is 75.5 Å². The number of benzene rings is 5. The molecule has 274 valence electrons. The molecule has 0 spiro atoms. The van der Waals surface area contributed by atoms with Crippen molar-refractivity contribution in [2.24, 2.45) is 0 Å². The van der Waals surface area contributed by atoms with Gasteiger partial charge in [-0.15, -0.1) is 0 Å². The van der Waals surface area contributed by atoms with E-state index in [9.17, 15) is 66.1 Å². The molecule has 0 unspecified atom stereocenters. The summed E-state index contributed by atoms with van der Waals surface area (Å²) in [4.78, 5) is 13.3. The lowest BCUT2D eigenvalue weighted by Gasteiger charge is -2.40. The van der Waals surface area contributed by atoms with Crippen LogP contribution in [0.1, 0.15) is 56.3 Å². The summed E-state index contributed by atoms with van der Waals surface area (Å²) in [5.41, 5.74) is -0.658. The number of carbonyl (C=O) groups is 1. The molecule has 2 heterocycles. The van der Waals surface area contributed by atoms with Crippen molar-refractivity contribution < 1.29 is 80.3 Å². The summed E-state index contributed by atoms with van der Waals surface area (Å²) in [6, 6.07) is 12.0. The lowest BCUT2D eigenvalue weighted by molar-refractivity contribution is -0.0210. The lowest BCUT2D eigenvalue weighted by Crippen LogP contribution is -2.38. The normalized spacial score (nSPS) is 20.4. The zero-order chi connectivity index (χ0) is 38.0. The molecule has 0 saturated carbocycles. The topological polar surface area (TPSA) is 288 Å². The van der Waals surface area contributed by atoms with Crippen LogP contribution in [0, 0.1) is 0 Å². The molecule has 0 amide bonds. The number of aliphatic hydroxyl groups is 1. The Balaban J connectivity index is 1.41. The Labute approximate surface area is 297 Å². The highest BCUT2D eigenvalue weighted by molar-refractivity contribution is 5.89. The van der Waals surface area contributed by atoms with Crippen LogP contribution >= 0.6 is 0 Å². The molecule has 0 aromatic heterocycles. The number of rotatable bonds is 5. The van der Waals surface area contributed by atoms with Gasteiger partial charge in [-0.2, -0.15) is 0 Å². The SMILES string of the molecule is O=C(O[C@@H]1Cc2c(O)cc(O)c([C@@H]3c4c(O)cc(O)cc4O[C@H](c4cc(O)c(O)c(O)c4)[C@H]3O)c2O[C@@H]1c1cc(O)c(O)c(O)c1)c1ccc(O)cc1. The fourth-order valence-electron chi connectivity index (χ4n) is 6.74. The first-order valence-electron chi connectivity index (χ1n) is 15.8. The highest BCUT2D eigenvalue weighted by Gasteiger charge is 2.47. The third-order valence-corrected chi connectivity index (χ3v) is 9.20. The summed E-state index contributed by atoms with van der Waals surface area (Å²) in [5, 5.41) is 127. The van der Waals surface area contributed by atoms with Gasteiger partial charge in [0, 0.05) is 52.4 Å². The Morgan fingerprint density at radius 1 is 0.585 bits per heavy atom. The zero-order valence-electron chi connectivity index (χ0n) is 26.9. The van der Waals surface area contributed by atoms with Crippen LogP contribution in [0.25, 0.3) is 0 Å². The molecule has 5 atom stereocenters. The fraction of sp³-hybridized carbons (Fsp3) is 0.162. The van der Waals surface area contributed by atoms with Gasteiger partial charge in [0.2, 0.25) is 0 Å². The first-order chi connectivity index (χ1) is 25.1. The number of carbonyl (C=O) groups excluding carboxylic acids is 1. The van der Waals surface area contributed by atoms with Gasteiger partial charge >= 0.3 is 5.97 Å². The molecule has 0 radical (unpaired) electrons. The van der Waals surface area contributed by atoms with E-state index in [4.69, 9.17) is 14.2 Å². The van der Waals surface area contributed by atoms with Crippen molar-refractivity contribution in [3.8, 4) is 74.7 Å². The fourth-order valence-corrected chi connectivity index (χ4v) is 6.74. The summed E-state index contributed by atoms with van der Waals surface area (Å²) in [5.74, 6) is -10.3. The average Bonchev–Trinajstić information content (AvgIpc) is 3.10. The third-order valence-electron chi connectivity index (χ3n) is 9.20. The van der Waals surface area contributed by atoms with Gasteiger partial charge in [-0.25, -0.2) is 4.79 Å². The highest BCUT2D eigenvalue weighted by Crippen LogP contribution is 2.58. The van der Waals surface area contributed by atoms with Crippen LogP contribution in [-0.4, -0.2) is 79.5 Å². The molecule has 5 aromatic rings. The van der Waals surface area contributed by atoms with Gasteiger partial charge in [0.25, 0.3) is 0 Å². The van der Waals surface area contributed by atoms with Crippen molar-refractivity contribution in [3.05, 3.63) is 100 Å². The largest absolute Gasteiger partial charge is 0.508 e. The molecular weight excluding hydrogens is 700 g/mol. The minimum Gasteiger partial charge on any atom is -0.508 e. The number of hydrogen-bond donors (Lipinski definition) is 12. The number of ether oxygens (including phenoxy) is 3. The first kappa shape index (κ1) is 34.4. The van der Waals surface area contributed by atoms with Crippen LogP contribution in [0.3, 0.4) is 0 Å². The Morgan fingerprint density at radius 3 is 1.72 bits per heavy atom. The number of aliphatic hydroxyl groups excluding tert-OH is 1. The van der Waals surface area contributed by atoms with Crippen LogP contribution < -0.4 is 9.47 Å². The number of phenolic OH excluding ortho intramolecular Hbond substituents is 11. The predicted octanol–water partition coefficient (Wildman–Crippen LogP) is 3.98. The monoisotopic (exact) mass is 730 g/mol. The molecular formula is C37H30O16. The van der Waals surface area contributed by atoms with Crippen molar-refractivity contribution in [1.29, 1.82) is 0 Å². The van der Waals surface area contributed by atoms with E-state index < -0.39 is 93.8 Å². The molecule has 0 bridgehead atoms. The molecule has 0 fully saturated rings. The van der Waals surface area contributed by atoms with Crippen LogP contribution in [0.2, 0.25) is 0 Å². The van der Waals surface area contributed by atoms with E-state index in [1.807, 2.05) is 0 Å². The smallest absolute Gasteiger partial charge is 0.338 e. The van der Waals surface area contributed by atoms with Crippen molar-refractivity contribution >= 4 is 5.97 Å². The Morgan fingerprint density at radius 2 is 1.13 bits per heavy atom. The second-order valence-corrected chi connectivity index (χ2v) is 12.6. The van der Waals surface area contributed by atoms with E-state index in [1.165, 1.54) is 24.3 Å². The molecule has 0 saturated heterocycles. The maximum atomic E-state index is 13.3. The number of fused-ring (bicyclic) bond motifs is 2. The second kappa shape index (κ2) is 12.6. The van der Waals surface area contributed by atoms with Crippen LogP contribution in [0.15, 0.2) is 66.7 Å². The van der Waals surface area contributed by atoms with Gasteiger partial charge in [0.15, 0.2) is 46.7 Å². The van der Waals surface area contributed by atoms with Crippen molar-refractivity contribution in [3.63, 3.8) is 0 Å². The van der Waals surface area contributed by atoms with E-state index in [1.54, 1.807) is 0 Å². The van der Waals surface area contributed by atoms with E-state index in [0.717, 1.165) is 42.5 Å². The molecule has 12 N–H and O–H groups in total. The second-order valence-electron chi connectivity index (χ2n) is 12.6. The van der Waals surface area contributed by atoms with Crippen LogP contribution in [-0.2, 0) is 11.2 Å². The van der Waals surface area contributed by atoms with Crippen molar-refractivity contribution in [1.82, 2.24) is 0 Å². The minimum absolute atomic E-state index is 0.0115. The zero-order valence-corrected chi connectivity index (χ0v) is 26.9. The summed E-state index contributed by atoms with van der Waals surface area (Å²) >= 11 is 0. The number of esters is 1. The summed E-state index contributed by atoms with van der Waals surface area (Å²) in [6.45, 7) is 0. The molecule has 5 aromatic carbocycles. The molecule has 7 rings (SSSR count). The summed E-state index contributed by atoms with van der Waals surface area (Å²) < 4.78 is 18.1. The predicted molar refractivity (Wildman–Crippen MR) is 178 cm³/mol. The van der Waals surface area contributed by atoms with Gasteiger partial charge in [0.05, 0.1) is 11.5 Å². The molecule has 0 aliphatic carbocycles. The van der Waals surface area contributed by atoms with Gasteiger partial charge in [0.1, 0.15) is 52.5 Å². The third kappa shape index (κ3) is 5.85. The molecule has 16 heteroatoms. The molecule has 53 heavy (non-hydrogen) atoms. The number of aromatic hydroxyl groups is 11. The number of phenols is 11. The lowest BCUT2D eigenvalue weighted by atomic mass is 9.77. The molecule has 16 nitrogen and oxygen atoms in total. The molecule has 2 aliphatic rings. The van der Waals surface area contributed by atoms with Gasteiger partial charge in [-0.3, -0.25) is 0 Å². The van der Waals surface area contributed by atoms with Gasteiger partial charge in [-0.1, -0.05) is 0 Å². The minimum atomic E-state index is -1.82.